The Labute approximate surface area is 180 Å². The molecule has 10 heteroatoms. The van der Waals surface area contributed by atoms with Gasteiger partial charge in [-0.15, -0.1) is 0 Å². The normalized spacial score (nSPS) is 13.6. The van der Waals surface area contributed by atoms with Gasteiger partial charge in [0.1, 0.15) is 11.5 Å². The molecule has 0 aliphatic carbocycles. The Morgan fingerprint density at radius 3 is 2.62 bits per heavy atom. The quantitative estimate of drug-likeness (QED) is 0.599. The van der Waals surface area contributed by atoms with Crippen molar-refractivity contribution >= 4 is 23.1 Å². The fourth-order valence-electron chi connectivity index (χ4n) is 3.32. The van der Waals surface area contributed by atoms with Gasteiger partial charge in [-0.05, 0) is 35.9 Å². The molecule has 1 aliphatic heterocycles. The number of anilines is 2. The van der Waals surface area contributed by atoms with Gasteiger partial charge in [-0.25, -0.2) is 9.67 Å². The van der Waals surface area contributed by atoms with Gasteiger partial charge in [-0.2, -0.15) is 18.3 Å². The van der Waals surface area contributed by atoms with E-state index in [0.29, 0.717) is 22.6 Å². The van der Waals surface area contributed by atoms with Crippen LogP contribution in [0.2, 0.25) is 0 Å². The smallest absolute Gasteiger partial charge is 0.392 e. The lowest BCUT2D eigenvalue weighted by molar-refractivity contribution is -0.138. The third kappa shape index (κ3) is 3.81. The number of nitrogens with two attached hydrogens (primary N) is 1. The predicted molar refractivity (Wildman–Crippen MR) is 111 cm³/mol. The van der Waals surface area contributed by atoms with E-state index in [9.17, 15) is 23.1 Å². The third-order valence-electron chi connectivity index (χ3n) is 4.86. The van der Waals surface area contributed by atoms with Crippen molar-refractivity contribution in [2.75, 3.05) is 17.2 Å². The van der Waals surface area contributed by atoms with E-state index >= 15 is 0 Å². The molecule has 2 aromatic heterocycles. The molecular formula is C22H16F3N5O2. The third-order valence-corrected chi connectivity index (χ3v) is 4.86. The minimum Gasteiger partial charge on any atom is -0.392 e. The van der Waals surface area contributed by atoms with Gasteiger partial charge in [0.05, 0.1) is 36.2 Å². The highest BCUT2D eigenvalue weighted by Gasteiger charge is 2.35. The summed E-state index contributed by atoms with van der Waals surface area (Å²) in [5.41, 5.74) is 5.95. The first-order chi connectivity index (χ1) is 15.2. The summed E-state index contributed by atoms with van der Waals surface area (Å²) in [6.07, 6.45) is -1.71. The van der Waals surface area contributed by atoms with Crippen molar-refractivity contribution in [1.82, 2.24) is 14.8 Å². The van der Waals surface area contributed by atoms with Crippen LogP contribution in [0.1, 0.15) is 32.7 Å². The van der Waals surface area contributed by atoms with Crippen LogP contribution in [0.25, 0.3) is 5.70 Å². The number of aliphatic hydroxyl groups excluding tert-OH is 1. The van der Waals surface area contributed by atoms with Crippen molar-refractivity contribution in [3.05, 3.63) is 77.3 Å². The van der Waals surface area contributed by atoms with Crippen LogP contribution >= 0.6 is 0 Å². The Balaban J connectivity index is 1.72. The van der Waals surface area contributed by atoms with Gasteiger partial charge in [-0.3, -0.25) is 4.79 Å². The fourth-order valence-corrected chi connectivity index (χ4v) is 3.32. The number of carbonyl (C=O) groups is 1. The van der Waals surface area contributed by atoms with Gasteiger partial charge in [0.15, 0.2) is 0 Å². The van der Waals surface area contributed by atoms with Crippen LogP contribution in [0.5, 0.6) is 0 Å². The molecule has 0 radical (unpaired) electrons. The van der Waals surface area contributed by atoms with Crippen LogP contribution < -0.4 is 10.6 Å². The Hall–Kier alpha value is -4.10. The molecule has 7 nitrogen and oxygen atoms in total. The first kappa shape index (κ1) is 21.1. The van der Waals surface area contributed by atoms with Crippen LogP contribution in [0.3, 0.4) is 0 Å². The minimum atomic E-state index is -4.62. The molecule has 0 fully saturated rings. The van der Waals surface area contributed by atoms with E-state index in [-0.39, 0.29) is 23.5 Å². The van der Waals surface area contributed by atoms with E-state index < -0.39 is 24.3 Å². The molecule has 0 saturated carbocycles. The van der Waals surface area contributed by atoms with Crippen LogP contribution in [0.4, 0.5) is 24.7 Å². The van der Waals surface area contributed by atoms with Crippen molar-refractivity contribution in [3.8, 4) is 11.8 Å². The van der Waals surface area contributed by atoms with E-state index in [1.807, 2.05) is 0 Å². The number of aromatic nitrogens is 3. The van der Waals surface area contributed by atoms with Gasteiger partial charge >= 0.3 is 6.18 Å². The van der Waals surface area contributed by atoms with Crippen LogP contribution in [-0.2, 0) is 12.8 Å². The largest absolute Gasteiger partial charge is 0.416 e. The summed E-state index contributed by atoms with van der Waals surface area (Å²) in [7, 11) is 0. The molecule has 162 valence electrons. The van der Waals surface area contributed by atoms with Gasteiger partial charge in [0.25, 0.3) is 5.91 Å². The number of pyridine rings is 1. The molecule has 3 heterocycles. The summed E-state index contributed by atoms with van der Waals surface area (Å²) >= 11 is 0. The Kier molecular flexibility index (Phi) is 5.20. The number of benzene rings is 1. The molecular weight excluding hydrogens is 423 g/mol. The molecule has 1 amide bonds. The zero-order chi connectivity index (χ0) is 23.0. The number of alkyl halides is 3. The Morgan fingerprint density at radius 2 is 1.97 bits per heavy atom. The molecule has 0 unspecified atom stereocenters. The Morgan fingerprint density at radius 1 is 1.19 bits per heavy atom. The molecule has 0 spiro atoms. The zero-order valence-electron chi connectivity index (χ0n) is 16.5. The SMILES string of the molecule is C=C1CN(c2ccc(C(F)(F)F)c(CO)c2)C(=O)c2c(C#Cc3ccc(N)nc3)cnn21. The second kappa shape index (κ2) is 7.86. The molecule has 32 heavy (non-hydrogen) atoms. The van der Waals surface area contributed by atoms with Gasteiger partial charge in [0, 0.05) is 17.4 Å². The first-order valence-electron chi connectivity index (χ1n) is 9.31. The molecule has 0 atom stereocenters. The summed E-state index contributed by atoms with van der Waals surface area (Å²) in [5.74, 6) is 5.59. The predicted octanol–water partition coefficient (Wildman–Crippen LogP) is 2.90. The van der Waals surface area contributed by atoms with Crippen LogP contribution in [0, 0.1) is 11.8 Å². The number of amides is 1. The highest BCUT2D eigenvalue weighted by Crippen LogP contribution is 2.35. The zero-order valence-corrected chi connectivity index (χ0v) is 16.5. The summed E-state index contributed by atoms with van der Waals surface area (Å²) in [6.45, 7) is 3.10. The second-order valence-corrected chi connectivity index (χ2v) is 7.00. The summed E-state index contributed by atoms with van der Waals surface area (Å²) in [4.78, 5) is 18.4. The van der Waals surface area contributed by atoms with Crippen molar-refractivity contribution in [2.45, 2.75) is 12.8 Å². The molecule has 0 saturated heterocycles. The maximum atomic E-state index is 13.2. The van der Waals surface area contributed by atoms with E-state index in [1.165, 1.54) is 28.0 Å². The lowest BCUT2D eigenvalue weighted by atomic mass is 10.0. The fraction of sp³-hybridized carbons (Fsp3) is 0.136. The minimum absolute atomic E-state index is 0.0124. The average molecular weight is 439 g/mol. The number of aliphatic hydroxyl groups is 1. The molecule has 4 rings (SSSR count). The van der Waals surface area contributed by atoms with Gasteiger partial charge in [-0.1, -0.05) is 18.4 Å². The molecule has 3 aromatic rings. The topological polar surface area (TPSA) is 97.3 Å². The number of halogens is 3. The van der Waals surface area contributed by atoms with E-state index in [0.717, 1.165) is 12.1 Å². The highest BCUT2D eigenvalue weighted by molar-refractivity contribution is 6.09. The summed E-state index contributed by atoms with van der Waals surface area (Å²) in [5, 5.41) is 13.6. The maximum absolute atomic E-state index is 13.2. The van der Waals surface area contributed by atoms with E-state index in [1.54, 1.807) is 12.1 Å². The summed E-state index contributed by atoms with van der Waals surface area (Å²) in [6, 6.07) is 6.44. The average Bonchev–Trinajstić information content (AvgIpc) is 3.20. The summed E-state index contributed by atoms with van der Waals surface area (Å²) < 4.78 is 40.8. The highest BCUT2D eigenvalue weighted by atomic mass is 19.4. The number of nitrogens with zero attached hydrogens (tertiary/aromatic N) is 4. The maximum Gasteiger partial charge on any atom is 0.416 e. The molecule has 1 aromatic carbocycles. The number of fused-ring (bicyclic) bond motifs is 1. The van der Waals surface area contributed by atoms with Crippen LogP contribution in [-0.4, -0.2) is 32.3 Å². The van der Waals surface area contributed by atoms with E-state index in [4.69, 9.17) is 5.73 Å². The van der Waals surface area contributed by atoms with Crippen molar-refractivity contribution < 1.29 is 23.1 Å². The lowest BCUT2D eigenvalue weighted by Gasteiger charge is -2.29. The molecule has 3 N–H and O–H groups in total. The first-order valence-corrected chi connectivity index (χ1v) is 9.31. The van der Waals surface area contributed by atoms with Crippen molar-refractivity contribution in [2.24, 2.45) is 0 Å². The number of rotatable bonds is 2. The second-order valence-electron chi connectivity index (χ2n) is 7.00. The standard InChI is InChI=1S/C22H16F3N5O2/c1-13-11-29(17-5-6-18(22(23,24)25)16(8-17)12-31)21(32)20-15(10-28-30(13)20)4-2-14-3-7-19(26)27-9-14/h3,5-10,31H,1,11-12H2,(H2,26,27). The number of hydrogen-bond acceptors (Lipinski definition) is 5. The van der Waals surface area contributed by atoms with Crippen molar-refractivity contribution in [1.29, 1.82) is 0 Å². The lowest BCUT2D eigenvalue weighted by Crippen LogP contribution is -2.40. The monoisotopic (exact) mass is 439 g/mol. The molecule has 0 bridgehead atoms. The number of carbonyl (C=O) groups excluding carboxylic acids is 1. The van der Waals surface area contributed by atoms with Crippen molar-refractivity contribution in [3.63, 3.8) is 0 Å². The van der Waals surface area contributed by atoms with Gasteiger partial charge in [0.2, 0.25) is 0 Å². The Bertz CT molecular complexity index is 1280. The number of hydrogen-bond donors (Lipinski definition) is 2. The van der Waals surface area contributed by atoms with Crippen LogP contribution in [0.15, 0.2) is 49.3 Å². The van der Waals surface area contributed by atoms with Gasteiger partial charge < -0.3 is 15.7 Å². The van der Waals surface area contributed by atoms with E-state index in [2.05, 4.69) is 28.5 Å². The molecule has 1 aliphatic rings. The number of nitrogen functional groups attached to an aromatic ring is 1.